The molecular formula is C60H96N2O15Si2. The Morgan fingerprint density at radius 1 is 0.835 bits per heavy atom. The van der Waals surface area contributed by atoms with Crippen LogP contribution in [-0.2, 0) is 51.7 Å². The summed E-state index contributed by atoms with van der Waals surface area (Å²) in [6.45, 7) is 38.7. The molecule has 19 heteroatoms. The van der Waals surface area contributed by atoms with Gasteiger partial charge in [0.2, 0.25) is 8.32 Å². The number of aliphatic hydroxyl groups is 1. The van der Waals surface area contributed by atoms with Crippen LogP contribution in [-0.4, -0.2) is 130 Å². The molecule has 0 radical (unpaired) electrons. The molecule has 3 N–H and O–H groups in total. The van der Waals surface area contributed by atoms with E-state index in [1.807, 2.05) is 13.8 Å². The molecule has 1 heterocycles. The maximum absolute atomic E-state index is 16.9. The molecule has 1 aromatic carbocycles. The fraction of sp³-hybridized carbons (Fsp3) is 0.733. The van der Waals surface area contributed by atoms with Crippen LogP contribution < -0.4 is 10.6 Å². The van der Waals surface area contributed by atoms with E-state index in [2.05, 4.69) is 72.9 Å². The molecule has 3 fully saturated rings. The molecule has 0 unspecified atom stereocenters. The molecule has 3 aliphatic carbocycles. The normalized spacial score (nSPS) is 28.5. The number of rotatable bonds is 20. The van der Waals surface area contributed by atoms with Crippen molar-refractivity contribution in [3.8, 4) is 0 Å². The van der Waals surface area contributed by atoms with Gasteiger partial charge in [0.1, 0.15) is 29.5 Å². The summed E-state index contributed by atoms with van der Waals surface area (Å²) in [4.78, 5) is 89.5. The number of carbonyl (C=O) groups excluding carboxylic acids is 6. The van der Waals surface area contributed by atoms with Crippen molar-refractivity contribution < 1.29 is 71.1 Å². The van der Waals surface area contributed by atoms with Crippen molar-refractivity contribution in [2.45, 2.75) is 259 Å². The van der Waals surface area contributed by atoms with Crippen LogP contribution in [0.1, 0.15) is 169 Å². The van der Waals surface area contributed by atoms with Crippen molar-refractivity contribution in [3.63, 3.8) is 0 Å². The zero-order valence-corrected chi connectivity index (χ0v) is 53.3. The van der Waals surface area contributed by atoms with Crippen molar-refractivity contribution >= 4 is 52.5 Å². The summed E-state index contributed by atoms with van der Waals surface area (Å²) < 4.78 is 53.5. The minimum absolute atomic E-state index is 0.0365. The molecule has 1 aromatic rings. The van der Waals surface area contributed by atoms with E-state index in [9.17, 15) is 19.5 Å². The standard InChI is InChI=1S/C60H96N2O15Si2/c1-22-78(23-2,24-3)76-44-31-45-59(33-70-45,74-40(15)63)49-51(73-52(65)41-28-26-25-27-29-41)60(69)32-43(39(14)46(57(60,19)20)48(50(64)58(44,49)21)72-54(67)61-35(6)7)71-53(66)47(77-79(36(8)9,37(10)11)38(12)13)42(30-34(4)5)62-55(68)75-56(16,17)18/h25-30,35-38,42-45,47-49,51,69H,22-24,31-33H2,1-21H3,(H,61,67)(H,62,68)/t42-,43-,44-,45+,47+,48+,49-,51-,58+,59-,60+/m0/s1. The maximum atomic E-state index is 16.9. The van der Waals surface area contributed by atoms with E-state index in [1.54, 1.807) is 98.7 Å². The van der Waals surface area contributed by atoms with Crippen molar-refractivity contribution in [2.75, 3.05) is 6.61 Å². The quantitative estimate of drug-likeness (QED) is 0.0478. The van der Waals surface area contributed by atoms with Gasteiger partial charge in [-0.2, -0.15) is 0 Å². The Kier molecular flexibility index (Phi) is 20.4. The van der Waals surface area contributed by atoms with Crippen molar-refractivity contribution in [2.24, 2.45) is 16.7 Å². The Labute approximate surface area is 473 Å². The molecule has 0 spiro atoms. The first-order chi connectivity index (χ1) is 36.5. The van der Waals surface area contributed by atoms with Gasteiger partial charge in [0.15, 0.2) is 31.9 Å². The molecule has 444 valence electrons. The molecule has 79 heavy (non-hydrogen) atoms. The second kappa shape index (κ2) is 24.6. The van der Waals surface area contributed by atoms with Crippen LogP contribution >= 0.6 is 0 Å². The molecule has 2 saturated carbocycles. The van der Waals surface area contributed by atoms with E-state index in [1.165, 1.54) is 6.92 Å². The van der Waals surface area contributed by atoms with Gasteiger partial charge >= 0.3 is 30.1 Å². The number of alkyl carbamates (subject to hydrolysis) is 2. The number of amides is 2. The fourth-order valence-corrected chi connectivity index (χ4v) is 22.2. The second-order valence-corrected chi connectivity index (χ2v) is 36.0. The number of ketones is 1. The van der Waals surface area contributed by atoms with E-state index in [-0.39, 0.29) is 40.8 Å². The highest BCUT2D eigenvalue weighted by atomic mass is 28.4. The van der Waals surface area contributed by atoms with Crippen LogP contribution in [0.15, 0.2) is 53.1 Å². The van der Waals surface area contributed by atoms with Gasteiger partial charge in [0.25, 0.3) is 0 Å². The maximum Gasteiger partial charge on any atom is 0.408 e. The van der Waals surface area contributed by atoms with E-state index in [0.29, 0.717) is 23.7 Å². The van der Waals surface area contributed by atoms with Crippen molar-refractivity contribution in [1.29, 1.82) is 0 Å². The lowest BCUT2D eigenvalue weighted by Crippen LogP contribution is -2.82. The number of ether oxygens (including phenoxy) is 6. The van der Waals surface area contributed by atoms with Gasteiger partial charge < -0.3 is 53.0 Å². The number of benzene rings is 1. The van der Waals surface area contributed by atoms with Gasteiger partial charge in [-0.25, -0.2) is 19.2 Å². The molecule has 0 aromatic heterocycles. The highest BCUT2D eigenvalue weighted by Crippen LogP contribution is 2.65. The summed E-state index contributed by atoms with van der Waals surface area (Å²) in [7, 11) is -5.73. The number of Topliss-reactive ketones (excluding diaryl/α,β-unsaturated/α-hetero) is 1. The van der Waals surface area contributed by atoms with Crippen LogP contribution in [0.3, 0.4) is 0 Å². The molecular weight excluding hydrogens is 1040 g/mol. The van der Waals surface area contributed by atoms with E-state index in [4.69, 9.17) is 37.3 Å². The minimum atomic E-state index is -3.04. The zero-order chi connectivity index (χ0) is 59.8. The third kappa shape index (κ3) is 12.7. The Morgan fingerprint density at radius 3 is 1.87 bits per heavy atom. The Bertz CT molecular complexity index is 2430. The fourth-order valence-electron chi connectivity index (χ4n) is 13.8. The first kappa shape index (κ1) is 65.4. The molecule has 2 amide bonds. The number of esters is 3. The molecule has 1 aliphatic heterocycles. The van der Waals surface area contributed by atoms with Gasteiger partial charge in [0, 0.05) is 31.2 Å². The predicted octanol–water partition coefficient (Wildman–Crippen LogP) is 11.2. The smallest absolute Gasteiger partial charge is 0.408 e. The third-order valence-electron chi connectivity index (χ3n) is 17.9. The Balaban J connectivity index is 1.92. The van der Waals surface area contributed by atoms with E-state index in [0.717, 1.165) is 5.57 Å². The van der Waals surface area contributed by atoms with Gasteiger partial charge in [0.05, 0.1) is 35.6 Å². The molecule has 1 saturated heterocycles. The van der Waals surface area contributed by atoms with Crippen LogP contribution in [0.5, 0.6) is 0 Å². The Morgan fingerprint density at radius 2 is 1.41 bits per heavy atom. The lowest BCUT2D eigenvalue weighted by Gasteiger charge is -2.68. The largest absolute Gasteiger partial charge is 0.456 e. The lowest BCUT2D eigenvalue weighted by atomic mass is 9.44. The summed E-state index contributed by atoms with van der Waals surface area (Å²) in [5.74, 6) is -4.56. The zero-order valence-electron chi connectivity index (χ0n) is 51.3. The number of hydrogen-bond donors (Lipinski definition) is 3. The van der Waals surface area contributed by atoms with Crippen LogP contribution in [0.2, 0.25) is 34.8 Å². The first-order valence-electron chi connectivity index (χ1n) is 28.7. The number of carbonyl (C=O) groups is 6. The predicted molar refractivity (Wildman–Crippen MR) is 306 cm³/mol. The summed E-state index contributed by atoms with van der Waals surface area (Å²) in [6, 6.07) is 8.71. The number of allylic oxidation sites excluding steroid dienone is 1. The average molecular weight is 1140 g/mol. The average Bonchev–Trinajstić information content (AvgIpc) is 3.52. The highest BCUT2D eigenvalue weighted by Gasteiger charge is 2.79. The number of fused-ring (bicyclic) bond motifs is 5. The summed E-state index contributed by atoms with van der Waals surface area (Å²) in [5, 5.41) is 20.3. The molecule has 5 rings (SSSR count). The van der Waals surface area contributed by atoms with Gasteiger partial charge in [-0.05, 0) is 120 Å². The molecule has 17 nitrogen and oxygen atoms in total. The summed E-state index contributed by atoms with van der Waals surface area (Å²) in [6.07, 6.45) is -8.77. The molecule has 11 atom stereocenters. The summed E-state index contributed by atoms with van der Waals surface area (Å²) >= 11 is 0. The van der Waals surface area contributed by atoms with Gasteiger partial charge in [-0.1, -0.05) is 106 Å². The number of hydrogen-bond acceptors (Lipinski definition) is 15. The third-order valence-corrected chi connectivity index (χ3v) is 28.6. The monoisotopic (exact) mass is 1140 g/mol. The first-order valence-corrected chi connectivity index (χ1v) is 33.4. The minimum Gasteiger partial charge on any atom is -0.456 e. The molecule has 4 aliphatic rings. The summed E-state index contributed by atoms with van der Waals surface area (Å²) in [5.41, 5.74) is -7.34. The van der Waals surface area contributed by atoms with E-state index >= 15 is 14.4 Å². The number of nitrogens with one attached hydrogen (secondary N) is 2. The van der Waals surface area contributed by atoms with Crippen molar-refractivity contribution in [3.05, 3.63) is 58.7 Å². The lowest BCUT2D eigenvalue weighted by molar-refractivity contribution is -0.344. The van der Waals surface area contributed by atoms with Crippen LogP contribution in [0, 0.1) is 16.7 Å². The highest BCUT2D eigenvalue weighted by molar-refractivity contribution is 6.77. The molecule has 2 bridgehead atoms. The second-order valence-electron chi connectivity index (χ2n) is 25.9. The van der Waals surface area contributed by atoms with Crippen LogP contribution in [0.4, 0.5) is 9.59 Å². The van der Waals surface area contributed by atoms with Crippen LogP contribution in [0.25, 0.3) is 0 Å². The van der Waals surface area contributed by atoms with Gasteiger partial charge in [-0.15, -0.1) is 0 Å². The van der Waals surface area contributed by atoms with E-state index < -0.39 is 141 Å². The SMILES string of the molecule is CC[Si](CC)(CC)O[C@H]1C[C@H]2OC[C@@]2(OC(C)=O)[C@H]2[C@H](OC(=O)c3ccccc3)[C@]3(O)C[C@H](OC(=O)[C@H](O[Si](C(C)C)(C(C)C)C(C)C)[C@H](C=C(C)C)NC(=O)OC(C)(C)C)C(C)=C([C@@H](OC(=O)NC(C)C)C(=O)[C@]12C)C3(C)C. The van der Waals surface area contributed by atoms with Crippen molar-refractivity contribution in [1.82, 2.24) is 10.6 Å². The topological polar surface area (TPSA) is 221 Å². The van der Waals surface area contributed by atoms with Gasteiger partial charge in [-0.3, -0.25) is 9.59 Å². The Hall–Kier alpha value is -4.41.